The Bertz CT molecular complexity index is 2150. The molecule has 0 unspecified atom stereocenters. The minimum absolute atomic E-state index is 0.0977. The van der Waals surface area contributed by atoms with E-state index in [9.17, 15) is 14.7 Å². The van der Waals surface area contributed by atoms with Gasteiger partial charge in [0.25, 0.3) is 5.91 Å². The number of pyridine rings is 2. The lowest BCUT2D eigenvalue weighted by Crippen LogP contribution is -2.33. The van der Waals surface area contributed by atoms with Crippen molar-refractivity contribution < 1.29 is 14.7 Å². The van der Waals surface area contributed by atoms with Crippen LogP contribution in [0, 0.1) is 11.8 Å². The van der Waals surface area contributed by atoms with Crippen molar-refractivity contribution in [2.75, 3.05) is 31.9 Å². The first-order valence-electron chi connectivity index (χ1n) is 16.0. The van der Waals surface area contributed by atoms with Gasteiger partial charge in [-0.1, -0.05) is 42.5 Å². The Morgan fingerprint density at radius 3 is 2.38 bits per heavy atom. The van der Waals surface area contributed by atoms with E-state index in [1.165, 1.54) is 17.7 Å². The van der Waals surface area contributed by atoms with Crippen LogP contribution >= 0.6 is 0 Å². The third-order valence-electron chi connectivity index (χ3n) is 9.50. The zero-order chi connectivity index (χ0) is 32.8. The monoisotopic (exact) mass is 635 g/mol. The number of likely N-dealkylation sites (tertiary alicyclic amines) is 2. The first-order valence-corrected chi connectivity index (χ1v) is 16.0. The van der Waals surface area contributed by atoms with E-state index in [0.29, 0.717) is 48.4 Å². The lowest BCUT2D eigenvalue weighted by atomic mass is 10.0. The van der Waals surface area contributed by atoms with Crippen molar-refractivity contribution >= 4 is 29.2 Å². The summed E-state index contributed by atoms with van der Waals surface area (Å²) in [4.78, 5) is 43.1. The summed E-state index contributed by atoms with van der Waals surface area (Å²) in [5.41, 5.74) is 13.2. The molecule has 3 aromatic carbocycles. The van der Waals surface area contributed by atoms with Crippen LogP contribution in [0.15, 0.2) is 103 Å². The van der Waals surface area contributed by atoms with Gasteiger partial charge in [-0.15, -0.1) is 0 Å². The summed E-state index contributed by atoms with van der Waals surface area (Å²) in [6.45, 7) is 4.00. The van der Waals surface area contributed by atoms with Crippen LogP contribution < -0.4 is 5.73 Å². The zero-order valence-corrected chi connectivity index (χ0v) is 26.1. The summed E-state index contributed by atoms with van der Waals surface area (Å²) in [5, 5.41) is 9.81. The van der Waals surface area contributed by atoms with Gasteiger partial charge in [-0.2, -0.15) is 0 Å². The molecule has 48 heavy (non-hydrogen) atoms. The number of phenolic OH excluding ortho intramolecular Hbond substituents is 1. The molecule has 0 saturated carbocycles. The fourth-order valence-corrected chi connectivity index (χ4v) is 7.12. The molecule has 6 aromatic rings. The van der Waals surface area contributed by atoms with Gasteiger partial charge in [-0.3, -0.25) is 19.1 Å². The van der Waals surface area contributed by atoms with E-state index in [0.717, 1.165) is 53.3 Å². The second-order valence-electron chi connectivity index (χ2n) is 12.6. The van der Waals surface area contributed by atoms with Gasteiger partial charge in [0, 0.05) is 55.7 Å². The van der Waals surface area contributed by atoms with Crippen LogP contribution in [0.5, 0.6) is 5.75 Å². The molecule has 5 heterocycles. The Kier molecular flexibility index (Phi) is 7.41. The number of aromatic nitrogens is 4. The van der Waals surface area contributed by atoms with Crippen molar-refractivity contribution in [2.24, 2.45) is 11.8 Å². The Labute approximate surface area is 277 Å². The molecule has 3 aromatic heterocycles. The maximum absolute atomic E-state index is 13.2. The number of carbonyl (C=O) groups is 2. The highest BCUT2D eigenvalue weighted by atomic mass is 16.3. The molecule has 3 N–H and O–H groups in total. The third-order valence-corrected chi connectivity index (χ3v) is 9.50. The quantitative estimate of drug-likeness (QED) is 0.222. The Hall–Kier alpha value is -5.87. The van der Waals surface area contributed by atoms with Crippen LogP contribution in [0.2, 0.25) is 0 Å². The summed E-state index contributed by atoms with van der Waals surface area (Å²) in [6, 6.07) is 30.8. The molecule has 10 nitrogen and oxygen atoms in total. The van der Waals surface area contributed by atoms with Crippen molar-refractivity contribution in [3.63, 3.8) is 0 Å². The summed E-state index contributed by atoms with van der Waals surface area (Å²) >= 11 is 0. The molecule has 2 fully saturated rings. The van der Waals surface area contributed by atoms with E-state index in [1.807, 2.05) is 59.5 Å². The van der Waals surface area contributed by atoms with Crippen LogP contribution in [0.3, 0.4) is 0 Å². The molecule has 0 bridgehead atoms. The van der Waals surface area contributed by atoms with Crippen molar-refractivity contribution in [1.29, 1.82) is 0 Å². The number of anilines is 1. The molecule has 2 aliphatic heterocycles. The van der Waals surface area contributed by atoms with E-state index in [1.54, 1.807) is 12.3 Å². The first-order chi connectivity index (χ1) is 23.4. The highest BCUT2D eigenvalue weighted by Gasteiger charge is 2.41. The van der Waals surface area contributed by atoms with Crippen molar-refractivity contribution in [3.8, 4) is 34.1 Å². The van der Waals surface area contributed by atoms with Gasteiger partial charge in [-0.25, -0.2) is 15.0 Å². The number of phenols is 1. The van der Waals surface area contributed by atoms with Crippen LogP contribution in [-0.2, 0) is 6.54 Å². The van der Waals surface area contributed by atoms with Crippen LogP contribution in [-0.4, -0.2) is 72.8 Å². The second-order valence-corrected chi connectivity index (χ2v) is 12.6. The van der Waals surface area contributed by atoms with E-state index >= 15 is 0 Å². The Balaban J connectivity index is 1.02. The number of carbonyl (C=O) groups excluding carboxylic acids is 2. The standard InChI is InChI=1S/C38H33N7O3/c39-35-31(7-4-16-40-35)36-42-33-14-13-32(25-5-2-1-3-6-25)41-37(33)45(36)30-11-8-24(9-12-30)18-43-19-28-21-44(22-29(28)20-43)38(48)26-10-15-34(47)27(17-26)23-46/h1-17,23,28-29,47H,18-22H2,(H2,39,40)/t28-,29-/m0/s1. The number of aromatic hydroxyl groups is 1. The number of nitrogens with two attached hydrogens (primary N) is 1. The van der Waals surface area contributed by atoms with Gasteiger partial charge in [0.05, 0.1) is 16.8 Å². The second kappa shape index (κ2) is 12.1. The third kappa shape index (κ3) is 5.35. The summed E-state index contributed by atoms with van der Waals surface area (Å²) < 4.78 is 2.05. The number of aldehydes is 1. The van der Waals surface area contributed by atoms with Gasteiger partial charge in [0.2, 0.25) is 0 Å². The fourth-order valence-electron chi connectivity index (χ4n) is 7.12. The number of nitrogens with zero attached hydrogens (tertiary/aromatic N) is 6. The highest BCUT2D eigenvalue weighted by molar-refractivity contribution is 5.96. The van der Waals surface area contributed by atoms with Crippen molar-refractivity contribution in [1.82, 2.24) is 29.3 Å². The number of nitrogen functional groups attached to an aromatic ring is 1. The minimum Gasteiger partial charge on any atom is -0.507 e. The molecule has 0 aliphatic carbocycles. The maximum atomic E-state index is 13.2. The lowest BCUT2D eigenvalue weighted by molar-refractivity contribution is 0.0773. The number of rotatable bonds is 7. The summed E-state index contributed by atoms with van der Waals surface area (Å²) in [5.74, 6) is 1.66. The van der Waals surface area contributed by atoms with Gasteiger partial charge in [-0.05, 0) is 72.0 Å². The van der Waals surface area contributed by atoms with Gasteiger partial charge in [0.1, 0.15) is 17.1 Å². The molecule has 0 spiro atoms. The maximum Gasteiger partial charge on any atom is 0.253 e. The van der Waals surface area contributed by atoms with Gasteiger partial charge in [0.15, 0.2) is 17.8 Å². The lowest BCUT2D eigenvalue weighted by Gasteiger charge is -2.22. The minimum atomic E-state index is -0.116. The molecule has 238 valence electrons. The molecular formula is C38H33N7O3. The normalized spacial score (nSPS) is 17.5. The van der Waals surface area contributed by atoms with Crippen molar-refractivity contribution in [3.05, 3.63) is 120 Å². The predicted molar refractivity (Wildman–Crippen MR) is 184 cm³/mol. The fraction of sp³-hybridized carbons (Fsp3) is 0.184. The largest absolute Gasteiger partial charge is 0.507 e. The van der Waals surface area contributed by atoms with Gasteiger partial charge < -0.3 is 15.7 Å². The molecular weight excluding hydrogens is 602 g/mol. The Morgan fingerprint density at radius 1 is 0.875 bits per heavy atom. The SMILES string of the molecule is Nc1ncccc1-c1nc2ccc(-c3ccccc3)nc2n1-c1ccc(CN2C[C@H]3CN(C(=O)c4ccc(O)c(C=O)c4)C[C@@H]3C2)cc1. The number of hydrogen-bond acceptors (Lipinski definition) is 8. The average molecular weight is 636 g/mol. The number of amides is 1. The topological polar surface area (TPSA) is 130 Å². The molecule has 1 amide bonds. The molecule has 10 heteroatoms. The number of hydrogen-bond donors (Lipinski definition) is 2. The molecule has 2 saturated heterocycles. The highest BCUT2D eigenvalue weighted by Crippen LogP contribution is 2.34. The van der Waals surface area contributed by atoms with Crippen LogP contribution in [0.4, 0.5) is 5.82 Å². The molecule has 8 rings (SSSR count). The summed E-state index contributed by atoms with van der Waals surface area (Å²) in [7, 11) is 0. The summed E-state index contributed by atoms with van der Waals surface area (Å²) in [6.07, 6.45) is 2.25. The smallest absolute Gasteiger partial charge is 0.253 e. The molecule has 0 radical (unpaired) electrons. The van der Waals surface area contributed by atoms with Gasteiger partial charge >= 0.3 is 0 Å². The van der Waals surface area contributed by atoms with E-state index < -0.39 is 0 Å². The van der Waals surface area contributed by atoms with Crippen molar-refractivity contribution in [2.45, 2.75) is 6.54 Å². The van der Waals surface area contributed by atoms with E-state index in [-0.39, 0.29) is 17.2 Å². The predicted octanol–water partition coefficient (Wildman–Crippen LogP) is 5.45. The zero-order valence-electron chi connectivity index (χ0n) is 26.1. The number of fused-ring (bicyclic) bond motifs is 2. The Morgan fingerprint density at radius 2 is 1.65 bits per heavy atom. The van der Waals surface area contributed by atoms with E-state index in [2.05, 4.69) is 38.7 Å². The van der Waals surface area contributed by atoms with Crippen LogP contribution in [0.25, 0.3) is 39.5 Å². The van der Waals surface area contributed by atoms with Crippen LogP contribution in [0.1, 0.15) is 26.3 Å². The molecule has 2 aliphatic rings. The number of imidazole rings is 1. The molecule has 2 atom stereocenters. The average Bonchev–Trinajstić information content (AvgIpc) is 3.81. The van der Waals surface area contributed by atoms with E-state index in [4.69, 9.17) is 15.7 Å². The first kappa shape index (κ1) is 29.5. The number of benzene rings is 3.